The van der Waals surface area contributed by atoms with Crippen LogP contribution in [0.1, 0.15) is 27.3 Å². The second-order valence-corrected chi connectivity index (χ2v) is 8.06. The average Bonchev–Trinajstić information content (AvgIpc) is 3.24. The molecule has 0 saturated heterocycles. The zero-order valence-electron chi connectivity index (χ0n) is 17.9. The lowest BCUT2D eigenvalue weighted by atomic mass is 10.0. The number of nitrogens with zero attached hydrogens (tertiary/aromatic N) is 2. The number of ether oxygens (including phenoxy) is 1. The van der Waals surface area contributed by atoms with Crippen molar-refractivity contribution in [1.82, 2.24) is 15.3 Å². The molecule has 1 amide bonds. The van der Waals surface area contributed by atoms with Gasteiger partial charge in [-0.25, -0.2) is 9.37 Å². The molecule has 0 spiro atoms. The van der Waals surface area contributed by atoms with Crippen molar-refractivity contribution in [3.8, 4) is 17.0 Å². The van der Waals surface area contributed by atoms with Crippen LogP contribution in [0.25, 0.3) is 22.0 Å². The highest BCUT2D eigenvalue weighted by Gasteiger charge is 2.30. The summed E-state index contributed by atoms with van der Waals surface area (Å²) in [5, 5.41) is 5.01. The van der Waals surface area contributed by atoms with Gasteiger partial charge in [0, 0.05) is 29.3 Å². The molecule has 0 radical (unpaired) electrons. The Labute approximate surface area is 185 Å². The van der Waals surface area contributed by atoms with Crippen LogP contribution in [0.2, 0.25) is 0 Å². The van der Waals surface area contributed by atoms with E-state index < -0.39 is 0 Å². The van der Waals surface area contributed by atoms with Gasteiger partial charge in [-0.05, 0) is 48.9 Å². The largest absolute Gasteiger partial charge is 0.487 e. The van der Waals surface area contributed by atoms with Crippen molar-refractivity contribution in [3.63, 3.8) is 0 Å². The molecule has 5 nitrogen and oxygen atoms in total. The molecule has 0 fully saturated rings. The zero-order valence-corrected chi connectivity index (χ0v) is 17.9. The van der Waals surface area contributed by atoms with Gasteiger partial charge in [0.05, 0.1) is 23.6 Å². The molecule has 32 heavy (non-hydrogen) atoms. The van der Waals surface area contributed by atoms with Gasteiger partial charge < -0.3 is 10.1 Å². The van der Waals surface area contributed by atoms with Gasteiger partial charge in [0.15, 0.2) is 0 Å². The van der Waals surface area contributed by atoms with Gasteiger partial charge in [-0.15, -0.1) is 0 Å². The highest BCUT2D eigenvalue weighted by molar-refractivity contribution is 5.98. The Hall–Kier alpha value is -3.80. The van der Waals surface area contributed by atoms with E-state index >= 15 is 0 Å². The van der Waals surface area contributed by atoms with Gasteiger partial charge in [-0.1, -0.05) is 30.3 Å². The molecule has 2 heterocycles. The molecule has 5 rings (SSSR count). The molecule has 4 aromatic rings. The summed E-state index contributed by atoms with van der Waals surface area (Å²) in [4.78, 5) is 21.6. The predicted molar refractivity (Wildman–Crippen MR) is 121 cm³/mol. The third-order valence-electron chi connectivity index (χ3n) is 5.75. The van der Waals surface area contributed by atoms with Crippen molar-refractivity contribution in [2.45, 2.75) is 26.4 Å². The number of aryl methyl sites for hydroxylation is 2. The molecular weight excluding hydrogens is 405 g/mol. The van der Waals surface area contributed by atoms with E-state index in [-0.39, 0.29) is 24.4 Å². The maximum absolute atomic E-state index is 14.5. The van der Waals surface area contributed by atoms with Gasteiger partial charge in [-0.3, -0.25) is 9.78 Å². The van der Waals surface area contributed by atoms with Crippen molar-refractivity contribution in [2.24, 2.45) is 0 Å². The maximum Gasteiger partial charge on any atom is 0.251 e. The topological polar surface area (TPSA) is 64.1 Å². The third-order valence-corrected chi connectivity index (χ3v) is 5.75. The summed E-state index contributed by atoms with van der Waals surface area (Å²) in [5.41, 5.74) is 4.02. The number of rotatable bonds is 4. The fourth-order valence-corrected chi connectivity index (χ4v) is 4.10. The molecule has 160 valence electrons. The Kier molecular flexibility index (Phi) is 5.05. The molecule has 1 aromatic heterocycles. The van der Waals surface area contributed by atoms with Gasteiger partial charge >= 0.3 is 0 Å². The molecule has 1 unspecified atom stereocenters. The molecule has 6 heteroatoms. The Balaban J connectivity index is 1.34. The standard InChI is InChI=1S/C26H22FN3O2/c1-15-13-28-16(2)24(30-15)21-9-10-23(27)22-12-20(32-25(21)22)14-29-26(31)19-8-7-17-5-3-4-6-18(17)11-19/h3-11,13,20H,12,14H2,1-2H3,(H,29,31). The number of benzene rings is 3. The van der Waals surface area contributed by atoms with E-state index in [1.54, 1.807) is 18.3 Å². The summed E-state index contributed by atoms with van der Waals surface area (Å²) < 4.78 is 20.7. The monoisotopic (exact) mass is 427 g/mol. The number of hydrogen-bond acceptors (Lipinski definition) is 4. The molecule has 0 saturated carbocycles. The quantitative estimate of drug-likeness (QED) is 0.509. The summed E-state index contributed by atoms with van der Waals surface area (Å²) in [5.74, 6) is -0.0141. The van der Waals surface area contributed by atoms with Crippen LogP contribution in [-0.2, 0) is 6.42 Å². The number of hydrogen-bond donors (Lipinski definition) is 1. The van der Waals surface area contributed by atoms with Crippen molar-refractivity contribution in [3.05, 3.63) is 89.1 Å². The SMILES string of the molecule is Cc1cnc(C)c(-c2ccc(F)c3c2OC(CNC(=O)c2ccc4ccccc4c2)C3)n1. The van der Waals surface area contributed by atoms with Crippen LogP contribution in [-0.4, -0.2) is 28.5 Å². The molecule has 0 bridgehead atoms. The Morgan fingerprint density at radius 2 is 1.94 bits per heavy atom. The lowest BCUT2D eigenvalue weighted by Crippen LogP contribution is -2.34. The molecule has 1 N–H and O–H groups in total. The maximum atomic E-state index is 14.5. The lowest BCUT2D eigenvalue weighted by molar-refractivity contribution is 0.0934. The smallest absolute Gasteiger partial charge is 0.251 e. The highest BCUT2D eigenvalue weighted by atomic mass is 19.1. The Morgan fingerprint density at radius 1 is 1.12 bits per heavy atom. The van der Waals surface area contributed by atoms with Gasteiger partial charge in [0.2, 0.25) is 0 Å². The first-order valence-electron chi connectivity index (χ1n) is 10.6. The van der Waals surface area contributed by atoms with Crippen LogP contribution in [0.5, 0.6) is 5.75 Å². The van der Waals surface area contributed by atoms with E-state index in [0.29, 0.717) is 29.0 Å². The molecule has 1 atom stereocenters. The number of carbonyl (C=O) groups is 1. The van der Waals surface area contributed by atoms with E-state index in [1.807, 2.05) is 50.2 Å². The summed E-state index contributed by atoms with van der Waals surface area (Å²) in [7, 11) is 0. The molecule has 1 aliphatic heterocycles. The number of carbonyl (C=O) groups excluding carboxylic acids is 1. The highest BCUT2D eigenvalue weighted by Crippen LogP contribution is 2.40. The summed E-state index contributed by atoms with van der Waals surface area (Å²) in [6.07, 6.45) is 1.72. The van der Waals surface area contributed by atoms with Crippen LogP contribution in [0, 0.1) is 19.7 Å². The molecule has 1 aliphatic rings. The third kappa shape index (κ3) is 3.68. The summed E-state index contributed by atoms with van der Waals surface area (Å²) in [6, 6.07) is 16.6. The number of aromatic nitrogens is 2. The first-order chi connectivity index (χ1) is 15.5. The first kappa shape index (κ1) is 20.1. The second kappa shape index (κ2) is 8.04. The van der Waals surface area contributed by atoms with E-state index in [0.717, 1.165) is 27.7 Å². The zero-order chi connectivity index (χ0) is 22.2. The minimum absolute atomic E-state index is 0.184. The first-order valence-corrected chi connectivity index (χ1v) is 10.6. The predicted octanol–water partition coefficient (Wildman–Crippen LogP) is 4.79. The number of halogens is 1. The minimum Gasteiger partial charge on any atom is -0.487 e. The van der Waals surface area contributed by atoms with Crippen molar-refractivity contribution in [2.75, 3.05) is 6.54 Å². The molecular formula is C26H22FN3O2. The number of nitrogens with one attached hydrogen (secondary N) is 1. The number of amides is 1. The van der Waals surface area contributed by atoms with Crippen LogP contribution in [0.3, 0.4) is 0 Å². The van der Waals surface area contributed by atoms with E-state index in [2.05, 4.69) is 15.3 Å². The summed E-state index contributed by atoms with van der Waals surface area (Å²) >= 11 is 0. The van der Waals surface area contributed by atoms with E-state index in [1.165, 1.54) is 6.07 Å². The fourth-order valence-electron chi connectivity index (χ4n) is 4.10. The molecule has 0 aliphatic carbocycles. The summed E-state index contributed by atoms with van der Waals surface area (Å²) in [6.45, 7) is 4.01. The van der Waals surface area contributed by atoms with Crippen LogP contribution < -0.4 is 10.1 Å². The van der Waals surface area contributed by atoms with E-state index in [4.69, 9.17) is 4.74 Å². The Morgan fingerprint density at radius 3 is 2.78 bits per heavy atom. The average molecular weight is 427 g/mol. The van der Waals surface area contributed by atoms with E-state index in [9.17, 15) is 9.18 Å². The lowest BCUT2D eigenvalue weighted by Gasteiger charge is -2.14. The second-order valence-electron chi connectivity index (χ2n) is 8.06. The van der Waals surface area contributed by atoms with Crippen LogP contribution in [0.15, 0.2) is 60.8 Å². The van der Waals surface area contributed by atoms with Gasteiger partial charge in [0.1, 0.15) is 17.7 Å². The van der Waals surface area contributed by atoms with Crippen molar-refractivity contribution >= 4 is 16.7 Å². The van der Waals surface area contributed by atoms with Crippen molar-refractivity contribution in [1.29, 1.82) is 0 Å². The van der Waals surface area contributed by atoms with Crippen LogP contribution in [0.4, 0.5) is 4.39 Å². The number of fused-ring (bicyclic) bond motifs is 2. The minimum atomic E-state index is -0.358. The van der Waals surface area contributed by atoms with Gasteiger partial charge in [0.25, 0.3) is 5.91 Å². The normalized spacial score (nSPS) is 14.8. The fraction of sp³-hybridized carbons (Fsp3) is 0.192. The van der Waals surface area contributed by atoms with Crippen LogP contribution >= 0.6 is 0 Å². The Bertz CT molecular complexity index is 1350. The van der Waals surface area contributed by atoms with Gasteiger partial charge in [-0.2, -0.15) is 0 Å². The van der Waals surface area contributed by atoms with Crippen molar-refractivity contribution < 1.29 is 13.9 Å². The molecule has 3 aromatic carbocycles.